The summed E-state index contributed by atoms with van der Waals surface area (Å²) in [6.45, 7) is 0. The van der Waals surface area contributed by atoms with Crippen molar-refractivity contribution in [2.75, 3.05) is 5.43 Å². The summed E-state index contributed by atoms with van der Waals surface area (Å²) in [6, 6.07) is 5.32. The Hall–Kier alpha value is -1.33. The van der Waals surface area contributed by atoms with Crippen molar-refractivity contribution in [2.45, 2.75) is 0 Å². The van der Waals surface area contributed by atoms with Crippen molar-refractivity contribution < 1.29 is 9.90 Å². The van der Waals surface area contributed by atoms with Crippen molar-refractivity contribution in [3.8, 4) is 0 Å². The van der Waals surface area contributed by atoms with E-state index >= 15 is 0 Å². The van der Waals surface area contributed by atoms with Gasteiger partial charge in [0.15, 0.2) is 0 Å². The van der Waals surface area contributed by atoms with Crippen molar-refractivity contribution in [3.05, 3.63) is 34.3 Å². The van der Waals surface area contributed by atoms with Crippen molar-refractivity contribution >= 4 is 33.7 Å². The number of nitrogens with one attached hydrogen (secondary N) is 1. The largest absolute Gasteiger partial charge is 0.478 e. The number of nitrogen functional groups attached to an aromatic ring is 1. The molecule has 0 amide bonds. The molecule has 0 aliphatic rings. The van der Waals surface area contributed by atoms with E-state index in [1.807, 2.05) is 0 Å². The third kappa shape index (κ3) is 3.20. The summed E-state index contributed by atoms with van der Waals surface area (Å²) in [5.41, 5.74) is 3.96. The molecule has 0 aliphatic carbocycles. The molecule has 0 saturated carbocycles. The molecule has 0 aliphatic heterocycles. The van der Waals surface area contributed by atoms with Crippen LogP contribution in [0.15, 0.2) is 28.7 Å². The summed E-state index contributed by atoms with van der Waals surface area (Å²) < 4.78 is 0.831. The number of benzene rings is 1. The van der Waals surface area contributed by atoms with Gasteiger partial charge in [-0.2, -0.15) is 0 Å². The number of hydrogen-bond donors (Lipinski definition) is 3. The van der Waals surface area contributed by atoms with Crippen LogP contribution in [0.5, 0.6) is 0 Å². The molecule has 0 fully saturated rings. The first-order valence-electron chi connectivity index (χ1n) is 3.80. The van der Waals surface area contributed by atoms with Crippen molar-refractivity contribution in [3.63, 3.8) is 0 Å². The smallest absolute Gasteiger partial charge is 0.328 e. The first-order chi connectivity index (χ1) is 6.61. The minimum atomic E-state index is -0.979. The molecule has 1 aromatic rings. The molecule has 4 N–H and O–H groups in total. The van der Waals surface area contributed by atoms with Gasteiger partial charge in [-0.3, -0.25) is 5.84 Å². The number of halogens is 1. The number of anilines is 1. The number of carboxylic acid groups (broad SMARTS) is 1. The Labute approximate surface area is 89.5 Å². The zero-order valence-electron chi connectivity index (χ0n) is 7.20. The second-order valence-corrected chi connectivity index (χ2v) is 3.50. The minimum absolute atomic E-state index is 0.712. The minimum Gasteiger partial charge on any atom is -0.478 e. The fourth-order valence-electron chi connectivity index (χ4n) is 0.959. The number of aliphatic carboxylic acids is 1. The molecule has 0 radical (unpaired) electrons. The van der Waals surface area contributed by atoms with Crippen molar-refractivity contribution in [1.29, 1.82) is 0 Å². The van der Waals surface area contributed by atoms with Crippen LogP contribution in [-0.2, 0) is 4.79 Å². The van der Waals surface area contributed by atoms with Crippen LogP contribution in [0.2, 0.25) is 0 Å². The first kappa shape index (κ1) is 10.7. The molecule has 74 valence electrons. The summed E-state index contributed by atoms with van der Waals surface area (Å²) in [6.07, 6.45) is 2.57. The van der Waals surface area contributed by atoms with Gasteiger partial charge in [0.05, 0.1) is 5.69 Å². The van der Waals surface area contributed by atoms with Gasteiger partial charge in [0.1, 0.15) is 0 Å². The van der Waals surface area contributed by atoms with E-state index in [1.54, 1.807) is 18.2 Å². The Balaban J connectivity index is 2.97. The molecular formula is C9H9BrN2O2. The number of nitrogens with two attached hydrogens (primary N) is 1. The monoisotopic (exact) mass is 256 g/mol. The summed E-state index contributed by atoms with van der Waals surface area (Å²) in [4.78, 5) is 10.3. The SMILES string of the molecule is NNc1cc(Br)cc(/C=C/C(=O)O)c1. The summed E-state index contributed by atoms with van der Waals surface area (Å²) in [5.74, 6) is 4.25. The lowest BCUT2D eigenvalue weighted by molar-refractivity contribution is -0.131. The number of hydrogen-bond acceptors (Lipinski definition) is 3. The number of carbonyl (C=O) groups is 1. The average molecular weight is 257 g/mol. The molecule has 0 atom stereocenters. The van der Waals surface area contributed by atoms with Gasteiger partial charge in [0.25, 0.3) is 0 Å². The molecule has 1 rings (SSSR count). The second kappa shape index (κ2) is 4.78. The Bertz CT molecular complexity index is 377. The van der Waals surface area contributed by atoms with Gasteiger partial charge in [-0.05, 0) is 29.8 Å². The molecule has 0 unspecified atom stereocenters. The van der Waals surface area contributed by atoms with Gasteiger partial charge in [0.2, 0.25) is 0 Å². The van der Waals surface area contributed by atoms with Gasteiger partial charge in [-0.15, -0.1) is 0 Å². The molecule has 0 heterocycles. The molecule has 0 aromatic heterocycles. The number of rotatable bonds is 3. The quantitative estimate of drug-likeness (QED) is 0.438. The Morgan fingerprint density at radius 3 is 2.79 bits per heavy atom. The molecule has 0 spiro atoms. The summed E-state index contributed by atoms with van der Waals surface area (Å²) >= 11 is 3.28. The molecule has 4 nitrogen and oxygen atoms in total. The van der Waals surface area contributed by atoms with Crippen LogP contribution in [0.25, 0.3) is 6.08 Å². The summed E-state index contributed by atoms with van der Waals surface area (Å²) in [7, 11) is 0. The molecule has 1 aromatic carbocycles. The van der Waals surface area contributed by atoms with Crippen LogP contribution in [0, 0.1) is 0 Å². The topological polar surface area (TPSA) is 75.3 Å². The Morgan fingerprint density at radius 2 is 2.21 bits per heavy atom. The maximum atomic E-state index is 10.3. The lowest BCUT2D eigenvalue weighted by Gasteiger charge is -2.02. The van der Waals surface area contributed by atoms with Crippen LogP contribution < -0.4 is 11.3 Å². The predicted octanol–water partition coefficient (Wildman–Crippen LogP) is 1.83. The highest BCUT2D eigenvalue weighted by Gasteiger charge is 1.96. The Morgan fingerprint density at radius 1 is 1.50 bits per heavy atom. The van der Waals surface area contributed by atoms with E-state index in [0.29, 0.717) is 5.69 Å². The van der Waals surface area contributed by atoms with E-state index in [2.05, 4.69) is 21.4 Å². The normalized spacial score (nSPS) is 10.4. The fourth-order valence-corrected chi connectivity index (χ4v) is 1.47. The summed E-state index contributed by atoms with van der Waals surface area (Å²) in [5, 5.41) is 8.43. The van der Waals surface area contributed by atoms with Gasteiger partial charge in [0, 0.05) is 10.5 Å². The average Bonchev–Trinajstić information content (AvgIpc) is 2.14. The number of carboxylic acids is 1. The van der Waals surface area contributed by atoms with Gasteiger partial charge in [-0.1, -0.05) is 15.9 Å². The predicted molar refractivity (Wildman–Crippen MR) is 58.6 cm³/mol. The van der Waals surface area contributed by atoms with Crippen LogP contribution in [0.3, 0.4) is 0 Å². The van der Waals surface area contributed by atoms with E-state index in [9.17, 15) is 4.79 Å². The molecule has 0 saturated heterocycles. The van der Waals surface area contributed by atoms with E-state index in [4.69, 9.17) is 10.9 Å². The van der Waals surface area contributed by atoms with Crippen LogP contribution >= 0.6 is 15.9 Å². The zero-order chi connectivity index (χ0) is 10.6. The zero-order valence-corrected chi connectivity index (χ0v) is 8.78. The fraction of sp³-hybridized carbons (Fsp3) is 0. The molecular weight excluding hydrogens is 248 g/mol. The molecule has 14 heavy (non-hydrogen) atoms. The highest BCUT2D eigenvalue weighted by atomic mass is 79.9. The maximum absolute atomic E-state index is 10.3. The molecule has 5 heteroatoms. The third-order valence-corrected chi connectivity index (χ3v) is 1.96. The number of hydrazine groups is 1. The third-order valence-electron chi connectivity index (χ3n) is 1.51. The van der Waals surface area contributed by atoms with Crippen molar-refractivity contribution in [1.82, 2.24) is 0 Å². The lowest BCUT2D eigenvalue weighted by atomic mass is 10.2. The highest BCUT2D eigenvalue weighted by Crippen LogP contribution is 2.19. The van der Waals surface area contributed by atoms with E-state index in [-0.39, 0.29) is 0 Å². The van der Waals surface area contributed by atoms with Crippen LogP contribution in [-0.4, -0.2) is 11.1 Å². The van der Waals surface area contributed by atoms with Gasteiger partial charge < -0.3 is 10.5 Å². The first-order valence-corrected chi connectivity index (χ1v) is 4.59. The Kier molecular flexibility index (Phi) is 3.67. The van der Waals surface area contributed by atoms with E-state index in [0.717, 1.165) is 16.1 Å². The van der Waals surface area contributed by atoms with Crippen molar-refractivity contribution in [2.24, 2.45) is 5.84 Å². The van der Waals surface area contributed by atoms with E-state index < -0.39 is 5.97 Å². The molecule has 0 bridgehead atoms. The van der Waals surface area contributed by atoms with Crippen LogP contribution in [0.4, 0.5) is 5.69 Å². The standard InChI is InChI=1S/C9H9BrN2O2/c10-7-3-6(1-2-9(13)14)4-8(5-7)12-11/h1-5,12H,11H2,(H,13,14)/b2-1+. The highest BCUT2D eigenvalue weighted by molar-refractivity contribution is 9.10. The second-order valence-electron chi connectivity index (χ2n) is 2.59. The maximum Gasteiger partial charge on any atom is 0.328 e. The van der Waals surface area contributed by atoms with Crippen LogP contribution in [0.1, 0.15) is 5.56 Å². The van der Waals surface area contributed by atoms with Gasteiger partial charge in [-0.25, -0.2) is 4.79 Å². The van der Waals surface area contributed by atoms with E-state index in [1.165, 1.54) is 6.08 Å². The lowest BCUT2D eigenvalue weighted by Crippen LogP contribution is -2.06. The van der Waals surface area contributed by atoms with Gasteiger partial charge >= 0.3 is 5.97 Å².